The maximum Gasteiger partial charge on any atom is 0.347 e. The van der Waals surface area contributed by atoms with Crippen LogP contribution in [0, 0.1) is 6.92 Å². The van der Waals surface area contributed by atoms with Crippen LogP contribution in [0.2, 0.25) is 0 Å². The molecule has 0 saturated carbocycles. The van der Waals surface area contributed by atoms with Crippen LogP contribution >= 0.6 is 11.3 Å². The van der Waals surface area contributed by atoms with Crippen LogP contribution in [-0.2, 0) is 11.3 Å². The Morgan fingerprint density at radius 3 is 2.96 bits per heavy atom. The molecule has 4 rings (SSSR count). The van der Waals surface area contributed by atoms with Crippen LogP contribution in [0.1, 0.15) is 5.69 Å². The molecule has 0 aliphatic heterocycles. The summed E-state index contributed by atoms with van der Waals surface area (Å²) in [5.41, 5.74) is 1.44. The molecule has 1 amide bonds. The molecule has 0 aliphatic rings. The molecular weight excluding hydrogens is 328 g/mol. The molecule has 120 valence electrons. The second-order valence-corrected chi connectivity index (χ2v) is 6.15. The predicted octanol–water partition coefficient (Wildman–Crippen LogP) is 2.55. The number of fused-ring (bicyclic) bond motifs is 3. The molecule has 0 aliphatic carbocycles. The maximum atomic E-state index is 12.2. The number of rotatable bonds is 3. The van der Waals surface area contributed by atoms with Crippen molar-refractivity contribution in [3.8, 4) is 0 Å². The van der Waals surface area contributed by atoms with Gasteiger partial charge in [-0.15, -0.1) is 11.3 Å². The molecule has 1 N–H and O–H groups in total. The number of aromatic nitrogens is 3. The number of thiazole rings is 1. The Labute approximate surface area is 139 Å². The van der Waals surface area contributed by atoms with Crippen molar-refractivity contribution in [1.29, 1.82) is 0 Å². The second kappa shape index (κ2) is 5.57. The summed E-state index contributed by atoms with van der Waals surface area (Å²) in [6.45, 7) is 1.84. The van der Waals surface area contributed by atoms with Crippen LogP contribution in [0.15, 0.2) is 45.1 Å². The van der Waals surface area contributed by atoms with E-state index in [4.69, 9.17) is 4.42 Å². The van der Waals surface area contributed by atoms with Crippen molar-refractivity contribution >= 4 is 44.2 Å². The molecule has 0 radical (unpaired) electrons. The number of carbonyl (C=O) groups is 1. The Kier molecular flexibility index (Phi) is 3.39. The van der Waals surface area contributed by atoms with Gasteiger partial charge in [0.2, 0.25) is 5.91 Å². The third kappa shape index (κ3) is 2.46. The Balaban J connectivity index is 1.74. The summed E-state index contributed by atoms with van der Waals surface area (Å²) in [5, 5.41) is 10.4. The van der Waals surface area contributed by atoms with Crippen LogP contribution in [0.25, 0.3) is 21.9 Å². The molecule has 0 fully saturated rings. The van der Waals surface area contributed by atoms with Gasteiger partial charge in [0, 0.05) is 10.8 Å². The molecule has 24 heavy (non-hydrogen) atoms. The predicted molar refractivity (Wildman–Crippen MR) is 91.3 cm³/mol. The van der Waals surface area contributed by atoms with Gasteiger partial charge >= 0.3 is 5.63 Å². The van der Waals surface area contributed by atoms with Gasteiger partial charge in [-0.2, -0.15) is 5.10 Å². The summed E-state index contributed by atoms with van der Waals surface area (Å²) < 4.78 is 6.78. The number of hydrogen-bond acceptors (Lipinski definition) is 6. The third-order valence-corrected chi connectivity index (χ3v) is 4.44. The fourth-order valence-electron chi connectivity index (χ4n) is 2.55. The highest BCUT2D eigenvalue weighted by atomic mass is 32.1. The van der Waals surface area contributed by atoms with Gasteiger partial charge < -0.3 is 9.73 Å². The highest BCUT2D eigenvalue weighted by Gasteiger charge is 2.15. The van der Waals surface area contributed by atoms with Crippen LogP contribution in [0.4, 0.5) is 5.13 Å². The second-order valence-electron chi connectivity index (χ2n) is 5.29. The molecule has 1 aromatic carbocycles. The van der Waals surface area contributed by atoms with Gasteiger partial charge in [-0.1, -0.05) is 12.1 Å². The molecule has 7 nitrogen and oxygen atoms in total. The van der Waals surface area contributed by atoms with Gasteiger partial charge in [0.15, 0.2) is 5.13 Å². The number of benzene rings is 1. The lowest BCUT2D eigenvalue weighted by Gasteiger charge is -2.05. The monoisotopic (exact) mass is 340 g/mol. The zero-order valence-electron chi connectivity index (χ0n) is 12.6. The lowest BCUT2D eigenvalue weighted by atomic mass is 10.2. The number of nitrogens with zero attached hydrogens (tertiary/aromatic N) is 3. The molecule has 3 aromatic heterocycles. The molecule has 4 aromatic rings. The largest absolute Gasteiger partial charge is 0.422 e. The number of hydrogen-bond donors (Lipinski definition) is 1. The van der Waals surface area contributed by atoms with Crippen LogP contribution in [0.5, 0.6) is 0 Å². The van der Waals surface area contributed by atoms with E-state index in [-0.39, 0.29) is 12.5 Å². The topological polar surface area (TPSA) is 90.0 Å². The highest BCUT2D eigenvalue weighted by Crippen LogP contribution is 2.22. The van der Waals surface area contributed by atoms with Gasteiger partial charge in [0.05, 0.1) is 17.4 Å². The van der Waals surface area contributed by atoms with E-state index in [2.05, 4.69) is 15.4 Å². The molecule has 0 bridgehead atoms. The number of carbonyl (C=O) groups excluding carboxylic acids is 1. The van der Waals surface area contributed by atoms with Crippen molar-refractivity contribution in [2.75, 3.05) is 5.32 Å². The quantitative estimate of drug-likeness (QED) is 0.579. The number of nitrogens with one attached hydrogen (secondary N) is 1. The fraction of sp³-hybridized carbons (Fsp3) is 0.125. The molecule has 8 heteroatoms. The van der Waals surface area contributed by atoms with E-state index >= 15 is 0 Å². The first-order valence-electron chi connectivity index (χ1n) is 7.21. The number of para-hydroxylation sites is 1. The lowest BCUT2D eigenvalue weighted by Crippen LogP contribution is -2.19. The maximum absolute atomic E-state index is 12.2. The van der Waals surface area contributed by atoms with Gasteiger partial charge in [-0.25, -0.2) is 9.78 Å². The highest BCUT2D eigenvalue weighted by molar-refractivity contribution is 7.13. The van der Waals surface area contributed by atoms with Crippen molar-refractivity contribution in [2.24, 2.45) is 0 Å². The summed E-state index contributed by atoms with van der Waals surface area (Å²) in [4.78, 5) is 28.5. The minimum absolute atomic E-state index is 0.0183. The Hall–Kier alpha value is -3.00. The minimum Gasteiger partial charge on any atom is -0.422 e. The number of anilines is 1. The van der Waals surface area contributed by atoms with E-state index in [0.29, 0.717) is 21.6 Å². The summed E-state index contributed by atoms with van der Waals surface area (Å²) >= 11 is 1.36. The zero-order valence-corrected chi connectivity index (χ0v) is 13.5. The van der Waals surface area contributed by atoms with Crippen molar-refractivity contribution in [2.45, 2.75) is 13.5 Å². The van der Waals surface area contributed by atoms with Crippen LogP contribution in [0.3, 0.4) is 0 Å². The van der Waals surface area contributed by atoms with E-state index in [1.807, 2.05) is 24.4 Å². The fourth-order valence-corrected chi connectivity index (χ4v) is 3.26. The van der Waals surface area contributed by atoms with Crippen LogP contribution < -0.4 is 10.9 Å². The minimum atomic E-state index is -0.467. The lowest BCUT2D eigenvalue weighted by molar-refractivity contribution is -0.116. The number of amides is 1. The van der Waals surface area contributed by atoms with E-state index in [1.165, 1.54) is 22.2 Å². The first-order chi connectivity index (χ1) is 11.6. The first-order valence-corrected chi connectivity index (χ1v) is 8.09. The average Bonchev–Trinajstić information content (AvgIpc) is 3.15. The van der Waals surface area contributed by atoms with Crippen molar-refractivity contribution in [3.63, 3.8) is 0 Å². The van der Waals surface area contributed by atoms with Gasteiger partial charge in [0.1, 0.15) is 17.5 Å². The summed E-state index contributed by atoms with van der Waals surface area (Å²) in [6.07, 6.45) is 1.43. The summed E-state index contributed by atoms with van der Waals surface area (Å²) in [7, 11) is 0. The smallest absolute Gasteiger partial charge is 0.347 e. The standard InChI is InChI=1S/C16H12N4O3S/c1-9-8-24-16(18-9)19-13(21)7-20-14-10-4-2-3-5-12(10)23-15(22)11(14)6-17-20/h2-6,8H,7H2,1H3,(H,18,19,21). The van der Waals surface area contributed by atoms with Crippen LogP contribution in [-0.4, -0.2) is 20.7 Å². The van der Waals surface area contributed by atoms with E-state index in [1.54, 1.807) is 12.1 Å². The van der Waals surface area contributed by atoms with Crippen molar-refractivity contribution in [1.82, 2.24) is 14.8 Å². The first kappa shape index (κ1) is 14.6. The molecule has 3 heterocycles. The Morgan fingerprint density at radius 2 is 2.17 bits per heavy atom. The normalized spacial score (nSPS) is 11.2. The van der Waals surface area contributed by atoms with E-state index < -0.39 is 5.63 Å². The molecular formula is C16H12N4O3S. The average molecular weight is 340 g/mol. The van der Waals surface area contributed by atoms with E-state index in [0.717, 1.165) is 11.1 Å². The van der Waals surface area contributed by atoms with E-state index in [9.17, 15) is 9.59 Å². The molecule has 0 spiro atoms. The molecule has 0 unspecified atom stereocenters. The SMILES string of the molecule is Cc1csc(NC(=O)Cn2ncc3c(=O)oc4ccccc4c32)n1. The Morgan fingerprint density at radius 1 is 1.33 bits per heavy atom. The van der Waals surface area contributed by atoms with Crippen molar-refractivity contribution < 1.29 is 9.21 Å². The van der Waals surface area contributed by atoms with Gasteiger partial charge in [0.25, 0.3) is 0 Å². The third-order valence-electron chi connectivity index (χ3n) is 3.56. The molecule has 0 atom stereocenters. The van der Waals surface area contributed by atoms with Gasteiger partial charge in [-0.05, 0) is 19.1 Å². The van der Waals surface area contributed by atoms with Gasteiger partial charge in [-0.3, -0.25) is 9.48 Å². The summed E-state index contributed by atoms with van der Waals surface area (Å²) in [5.74, 6) is -0.258. The summed E-state index contributed by atoms with van der Waals surface area (Å²) in [6, 6.07) is 7.18. The number of aryl methyl sites for hydroxylation is 1. The zero-order chi connectivity index (χ0) is 16.7. The Bertz CT molecular complexity index is 1130. The van der Waals surface area contributed by atoms with Crippen molar-refractivity contribution in [3.05, 3.63) is 52.0 Å². The molecule has 0 saturated heterocycles.